The number of aromatic amines is 1. The summed E-state index contributed by atoms with van der Waals surface area (Å²) in [6, 6.07) is 10.0. The number of nitrogens with one attached hydrogen (secondary N) is 2. The van der Waals surface area contributed by atoms with Crippen molar-refractivity contribution in [2.45, 2.75) is 43.6 Å². The van der Waals surface area contributed by atoms with Gasteiger partial charge in [0, 0.05) is 42.8 Å². The number of aryl methyl sites for hydroxylation is 1. The molecule has 7 nitrogen and oxygen atoms in total. The monoisotopic (exact) mass is 416 g/mol. The fourth-order valence-electron chi connectivity index (χ4n) is 5.29. The molecule has 1 spiro atoms. The number of likely N-dealkylation sites (N-methyl/N-ethyl adjacent to an activating group) is 1. The van der Waals surface area contributed by atoms with E-state index in [9.17, 15) is 14.4 Å². The van der Waals surface area contributed by atoms with Gasteiger partial charge in [0.15, 0.2) is 0 Å². The van der Waals surface area contributed by atoms with Crippen molar-refractivity contribution in [3.05, 3.63) is 63.7 Å². The summed E-state index contributed by atoms with van der Waals surface area (Å²) in [4.78, 5) is 43.8. The van der Waals surface area contributed by atoms with E-state index in [2.05, 4.69) is 10.3 Å². The largest absolute Gasteiger partial charge is 0.348 e. The van der Waals surface area contributed by atoms with Crippen LogP contribution in [0.25, 0.3) is 10.9 Å². The second kappa shape index (κ2) is 6.09. The van der Waals surface area contributed by atoms with E-state index in [1.807, 2.05) is 42.3 Å². The van der Waals surface area contributed by atoms with Crippen LogP contribution in [-0.2, 0) is 17.3 Å². The van der Waals surface area contributed by atoms with Crippen LogP contribution >= 0.6 is 0 Å². The third-order valence-electron chi connectivity index (χ3n) is 7.11. The van der Waals surface area contributed by atoms with E-state index in [4.69, 9.17) is 0 Å². The predicted molar refractivity (Wildman–Crippen MR) is 118 cm³/mol. The summed E-state index contributed by atoms with van der Waals surface area (Å²) in [6.45, 7) is 2.62. The number of benzene rings is 1. The van der Waals surface area contributed by atoms with Crippen molar-refractivity contribution in [1.29, 1.82) is 0 Å². The zero-order valence-electron chi connectivity index (χ0n) is 17.6. The lowest BCUT2D eigenvalue weighted by atomic mass is 9.91. The lowest BCUT2D eigenvalue weighted by Gasteiger charge is -2.15. The van der Waals surface area contributed by atoms with Crippen molar-refractivity contribution in [2.75, 3.05) is 11.4 Å². The van der Waals surface area contributed by atoms with Crippen molar-refractivity contribution >= 4 is 28.4 Å². The fraction of sp³-hybridized carbons (Fsp3) is 0.375. The van der Waals surface area contributed by atoms with Crippen LogP contribution < -0.4 is 15.8 Å². The van der Waals surface area contributed by atoms with Crippen molar-refractivity contribution in [3.8, 4) is 0 Å². The highest BCUT2D eigenvalue weighted by molar-refractivity contribution is 6.12. The van der Waals surface area contributed by atoms with Gasteiger partial charge in [-0.15, -0.1) is 0 Å². The summed E-state index contributed by atoms with van der Waals surface area (Å²) in [6.07, 6.45) is 4.55. The van der Waals surface area contributed by atoms with E-state index in [-0.39, 0.29) is 29.3 Å². The van der Waals surface area contributed by atoms with Gasteiger partial charge in [0.25, 0.3) is 11.5 Å². The summed E-state index contributed by atoms with van der Waals surface area (Å²) < 4.78 is 1.55. The molecule has 2 aromatic heterocycles. The van der Waals surface area contributed by atoms with Gasteiger partial charge in [-0.05, 0) is 49.4 Å². The average Bonchev–Trinajstić information content (AvgIpc) is 3.66. The van der Waals surface area contributed by atoms with Crippen molar-refractivity contribution in [1.82, 2.24) is 14.9 Å². The minimum absolute atomic E-state index is 0.0258. The highest BCUT2D eigenvalue weighted by atomic mass is 16.2. The van der Waals surface area contributed by atoms with E-state index in [1.54, 1.807) is 17.7 Å². The number of nitrogens with zero attached hydrogens (tertiary/aromatic N) is 2. The number of rotatable bonds is 4. The standard InChI is InChI=1S/C24H24N4O3/c1-3-28-19-7-5-4-6-16(19)24(23(28)31)11-17(24)15-12-27(2)22(30)20-14(15)10-18(26-20)21(29)25-13-8-9-13/h4-7,10,12-13,17,26H,3,8-9,11H2,1-2H3,(H,25,29)/t17-,24-/m0/s1. The van der Waals surface area contributed by atoms with E-state index in [0.29, 0.717) is 24.2 Å². The molecule has 0 saturated heterocycles. The number of aromatic nitrogens is 2. The summed E-state index contributed by atoms with van der Waals surface area (Å²) >= 11 is 0. The first-order valence-electron chi connectivity index (χ1n) is 10.9. The molecule has 3 aromatic rings. The molecule has 3 aliphatic rings. The maximum Gasteiger partial charge on any atom is 0.274 e. The molecule has 158 valence electrons. The molecule has 2 N–H and O–H groups in total. The number of carbonyl (C=O) groups is 2. The Morgan fingerprint density at radius 3 is 2.77 bits per heavy atom. The van der Waals surface area contributed by atoms with Crippen molar-refractivity contribution in [2.24, 2.45) is 7.05 Å². The first-order valence-corrected chi connectivity index (χ1v) is 10.9. The normalized spacial score (nSPS) is 24.1. The van der Waals surface area contributed by atoms with Crippen molar-refractivity contribution in [3.63, 3.8) is 0 Å². The second-order valence-corrected chi connectivity index (χ2v) is 9.01. The van der Waals surface area contributed by atoms with Gasteiger partial charge in [0.05, 0.1) is 5.41 Å². The van der Waals surface area contributed by atoms with Crippen LogP contribution in [0.5, 0.6) is 0 Å². The summed E-state index contributed by atoms with van der Waals surface area (Å²) in [5, 5.41) is 3.71. The van der Waals surface area contributed by atoms with Crippen LogP contribution in [0, 0.1) is 0 Å². The van der Waals surface area contributed by atoms with Crippen LogP contribution in [0.1, 0.15) is 53.7 Å². The van der Waals surface area contributed by atoms with Crippen LogP contribution in [-0.4, -0.2) is 34.0 Å². The highest BCUT2D eigenvalue weighted by Gasteiger charge is 2.67. The first-order chi connectivity index (χ1) is 15.0. The Morgan fingerprint density at radius 2 is 2.03 bits per heavy atom. The zero-order valence-corrected chi connectivity index (χ0v) is 17.6. The molecule has 2 aliphatic carbocycles. The molecule has 2 saturated carbocycles. The molecule has 0 unspecified atom stereocenters. The number of pyridine rings is 1. The first kappa shape index (κ1) is 18.4. The van der Waals surface area contributed by atoms with Gasteiger partial charge >= 0.3 is 0 Å². The molecule has 1 aromatic carbocycles. The van der Waals surface area contributed by atoms with E-state index >= 15 is 0 Å². The third-order valence-corrected chi connectivity index (χ3v) is 7.11. The Hall–Kier alpha value is -3.35. The van der Waals surface area contributed by atoms with E-state index in [0.717, 1.165) is 35.0 Å². The van der Waals surface area contributed by atoms with Crippen LogP contribution in [0.15, 0.2) is 41.3 Å². The molecule has 2 fully saturated rings. The molecule has 2 amide bonds. The Labute approximate surface area is 179 Å². The summed E-state index contributed by atoms with van der Waals surface area (Å²) in [7, 11) is 1.72. The minimum atomic E-state index is -0.579. The summed E-state index contributed by atoms with van der Waals surface area (Å²) in [5.41, 5.74) is 3.06. The molecule has 6 rings (SSSR count). The summed E-state index contributed by atoms with van der Waals surface area (Å²) in [5.74, 6) is -0.0794. The van der Waals surface area contributed by atoms with Crippen LogP contribution in [0.4, 0.5) is 5.69 Å². The molecule has 31 heavy (non-hydrogen) atoms. The fourth-order valence-corrected chi connectivity index (χ4v) is 5.29. The van der Waals surface area contributed by atoms with E-state index in [1.165, 1.54) is 0 Å². The number of anilines is 1. The maximum absolute atomic E-state index is 13.5. The van der Waals surface area contributed by atoms with Crippen LogP contribution in [0.2, 0.25) is 0 Å². The smallest absolute Gasteiger partial charge is 0.274 e. The van der Waals surface area contributed by atoms with Gasteiger partial charge in [-0.2, -0.15) is 0 Å². The topological polar surface area (TPSA) is 87.2 Å². The predicted octanol–water partition coefficient (Wildman–Crippen LogP) is 2.55. The number of para-hydroxylation sites is 1. The molecule has 2 atom stereocenters. The quantitative estimate of drug-likeness (QED) is 0.685. The molecule has 0 radical (unpaired) electrons. The molecular weight excluding hydrogens is 392 g/mol. The number of fused-ring (bicyclic) bond motifs is 3. The lowest BCUT2D eigenvalue weighted by Crippen LogP contribution is -2.32. The van der Waals surface area contributed by atoms with Gasteiger partial charge in [-0.1, -0.05) is 18.2 Å². The van der Waals surface area contributed by atoms with Crippen LogP contribution in [0.3, 0.4) is 0 Å². The highest BCUT2D eigenvalue weighted by Crippen LogP contribution is 2.66. The lowest BCUT2D eigenvalue weighted by molar-refractivity contribution is -0.120. The third kappa shape index (κ3) is 2.43. The van der Waals surface area contributed by atoms with Gasteiger partial charge in [-0.25, -0.2) is 0 Å². The van der Waals surface area contributed by atoms with Crippen molar-refractivity contribution < 1.29 is 9.59 Å². The molecular formula is C24H24N4O3. The molecule has 3 heterocycles. The Bertz CT molecular complexity index is 1330. The number of hydrogen-bond donors (Lipinski definition) is 2. The number of hydrogen-bond acceptors (Lipinski definition) is 3. The zero-order chi connectivity index (χ0) is 21.5. The Balaban J connectivity index is 1.48. The molecule has 0 bridgehead atoms. The van der Waals surface area contributed by atoms with Gasteiger partial charge in [-0.3, -0.25) is 14.4 Å². The SMILES string of the molecule is CCN1C(=O)[C@@]2(C[C@H]2c2cn(C)c(=O)c3[nH]c(C(=O)NC4CC4)cc23)c2ccccc21. The Kier molecular flexibility index (Phi) is 3.62. The molecule has 1 aliphatic heterocycles. The number of H-pyrrole nitrogens is 1. The Morgan fingerprint density at radius 1 is 1.26 bits per heavy atom. The van der Waals surface area contributed by atoms with Gasteiger partial charge in [0.1, 0.15) is 11.2 Å². The van der Waals surface area contributed by atoms with Gasteiger partial charge < -0.3 is 19.8 Å². The average molecular weight is 416 g/mol. The minimum Gasteiger partial charge on any atom is -0.348 e. The maximum atomic E-state index is 13.5. The number of amides is 2. The second-order valence-electron chi connectivity index (χ2n) is 9.01. The molecule has 7 heteroatoms. The van der Waals surface area contributed by atoms with Gasteiger partial charge in [0.2, 0.25) is 5.91 Å². The van der Waals surface area contributed by atoms with E-state index < -0.39 is 5.41 Å². The number of carbonyl (C=O) groups excluding carboxylic acids is 2.